The van der Waals surface area contributed by atoms with Crippen LogP contribution in [0.15, 0.2) is 46.9 Å². The van der Waals surface area contributed by atoms with E-state index in [1.807, 2.05) is 6.07 Å². The number of carbonyl (C=O) groups is 1. The van der Waals surface area contributed by atoms with Crippen molar-refractivity contribution in [1.29, 1.82) is 0 Å². The molecule has 0 radical (unpaired) electrons. The summed E-state index contributed by atoms with van der Waals surface area (Å²) in [5, 5.41) is 2.91. The van der Waals surface area contributed by atoms with Gasteiger partial charge in [-0.1, -0.05) is 51.3 Å². The number of rotatable bonds is 5. The molecule has 0 saturated carbocycles. The van der Waals surface area contributed by atoms with Gasteiger partial charge in [0.25, 0.3) is 0 Å². The van der Waals surface area contributed by atoms with Crippen molar-refractivity contribution in [2.45, 2.75) is 0 Å². The average Bonchev–Trinajstić information content (AvgIpc) is 2.47. The summed E-state index contributed by atoms with van der Waals surface area (Å²) in [5.41, 5.74) is 0.691. The molecule has 9 heteroatoms. The van der Waals surface area contributed by atoms with Gasteiger partial charge in [-0.15, -0.1) is 0 Å². The fourth-order valence-electron chi connectivity index (χ4n) is 1.96. The Bertz CT molecular complexity index is 875. The van der Waals surface area contributed by atoms with Crippen LogP contribution < -0.4 is 9.62 Å². The number of amides is 1. The molecule has 0 saturated heterocycles. The Morgan fingerprint density at radius 2 is 1.88 bits per heavy atom. The molecule has 0 spiro atoms. The second-order valence-electron chi connectivity index (χ2n) is 4.90. The number of benzene rings is 2. The minimum atomic E-state index is -3.73. The van der Waals surface area contributed by atoms with Crippen molar-refractivity contribution in [3.8, 4) is 0 Å². The summed E-state index contributed by atoms with van der Waals surface area (Å²) in [6.45, 7) is -0.425. The summed E-state index contributed by atoms with van der Waals surface area (Å²) in [6, 6.07) is 11.5. The van der Waals surface area contributed by atoms with Crippen LogP contribution in [0.1, 0.15) is 0 Å². The van der Waals surface area contributed by atoms with E-state index in [4.69, 9.17) is 23.2 Å². The molecule has 0 aliphatic rings. The lowest BCUT2D eigenvalue weighted by Gasteiger charge is -2.23. The normalized spacial score (nSPS) is 11.2. The third kappa shape index (κ3) is 4.86. The van der Waals surface area contributed by atoms with Gasteiger partial charge in [0.15, 0.2) is 0 Å². The Labute approximate surface area is 158 Å². The number of hydrogen-bond acceptors (Lipinski definition) is 3. The fraction of sp³-hybridized carbons (Fsp3) is 0.133. The Kier molecular flexibility index (Phi) is 6.14. The smallest absolute Gasteiger partial charge is 0.245 e. The van der Waals surface area contributed by atoms with Gasteiger partial charge in [0.05, 0.1) is 22.0 Å². The lowest BCUT2D eigenvalue weighted by atomic mass is 10.3. The molecule has 0 aliphatic heterocycles. The zero-order valence-corrected chi connectivity index (χ0v) is 16.4. The van der Waals surface area contributed by atoms with Crippen LogP contribution in [0.2, 0.25) is 10.0 Å². The van der Waals surface area contributed by atoms with Crippen molar-refractivity contribution < 1.29 is 13.2 Å². The Hall–Kier alpha value is -1.28. The van der Waals surface area contributed by atoms with Gasteiger partial charge in [-0.2, -0.15) is 0 Å². The first-order valence-corrected chi connectivity index (χ1v) is 10.1. The molecule has 0 unspecified atom stereocenters. The van der Waals surface area contributed by atoms with Crippen molar-refractivity contribution >= 4 is 66.4 Å². The van der Waals surface area contributed by atoms with Gasteiger partial charge in [0.1, 0.15) is 6.54 Å². The highest BCUT2D eigenvalue weighted by atomic mass is 79.9. The van der Waals surface area contributed by atoms with Crippen molar-refractivity contribution in [3.63, 3.8) is 0 Å². The predicted octanol–water partition coefficient (Wildman–Crippen LogP) is 4.16. The molecule has 2 aromatic carbocycles. The summed E-state index contributed by atoms with van der Waals surface area (Å²) < 4.78 is 25.8. The van der Waals surface area contributed by atoms with E-state index < -0.39 is 22.5 Å². The number of anilines is 2. The van der Waals surface area contributed by atoms with Crippen LogP contribution in [-0.2, 0) is 14.8 Å². The van der Waals surface area contributed by atoms with Crippen molar-refractivity contribution in [3.05, 3.63) is 57.0 Å². The largest absolute Gasteiger partial charge is 0.324 e. The van der Waals surface area contributed by atoms with Gasteiger partial charge in [-0.25, -0.2) is 8.42 Å². The Morgan fingerprint density at radius 3 is 2.50 bits per heavy atom. The number of nitrogens with zero attached hydrogens (tertiary/aromatic N) is 1. The molecule has 2 rings (SSSR count). The molecule has 0 fully saturated rings. The van der Waals surface area contributed by atoms with E-state index in [9.17, 15) is 13.2 Å². The minimum Gasteiger partial charge on any atom is -0.324 e. The van der Waals surface area contributed by atoms with E-state index in [2.05, 4.69) is 21.2 Å². The van der Waals surface area contributed by atoms with Crippen LogP contribution in [0.5, 0.6) is 0 Å². The van der Waals surface area contributed by atoms with Gasteiger partial charge in [-0.3, -0.25) is 9.10 Å². The maximum atomic E-state index is 12.2. The summed E-state index contributed by atoms with van der Waals surface area (Å²) in [7, 11) is -3.73. The number of carbonyl (C=O) groups excluding carboxylic acids is 1. The van der Waals surface area contributed by atoms with E-state index in [0.717, 1.165) is 15.0 Å². The molecular weight excluding hydrogens is 439 g/mol. The molecule has 0 bridgehead atoms. The molecule has 0 heterocycles. The zero-order valence-electron chi connectivity index (χ0n) is 12.5. The summed E-state index contributed by atoms with van der Waals surface area (Å²) in [5.74, 6) is -0.505. The predicted molar refractivity (Wildman–Crippen MR) is 101 cm³/mol. The third-order valence-electron chi connectivity index (χ3n) is 3.00. The van der Waals surface area contributed by atoms with E-state index in [0.29, 0.717) is 5.69 Å². The maximum absolute atomic E-state index is 12.2. The second-order valence-corrected chi connectivity index (χ2v) is 8.51. The van der Waals surface area contributed by atoms with Gasteiger partial charge in [-0.05, 0) is 30.3 Å². The topological polar surface area (TPSA) is 66.5 Å². The highest BCUT2D eigenvalue weighted by Crippen LogP contribution is 2.33. The molecule has 5 nitrogen and oxygen atoms in total. The first-order chi connectivity index (χ1) is 11.2. The monoisotopic (exact) mass is 450 g/mol. The standard InChI is InChI=1S/C15H13BrCl2N2O3S/c1-24(22,23)20(13-7-3-6-12(17)15(13)18)9-14(21)19-11-5-2-4-10(16)8-11/h2-8H,9H2,1H3,(H,19,21). The van der Waals surface area contributed by atoms with E-state index in [-0.39, 0.29) is 15.7 Å². The zero-order chi connectivity index (χ0) is 17.9. The molecule has 1 N–H and O–H groups in total. The molecule has 0 aromatic heterocycles. The van der Waals surface area contributed by atoms with Crippen molar-refractivity contribution in [2.75, 3.05) is 22.4 Å². The number of halogens is 3. The van der Waals surface area contributed by atoms with Crippen LogP contribution in [0.4, 0.5) is 11.4 Å². The quantitative estimate of drug-likeness (QED) is 0.741. The minimum absolute atomic E-state index is 0.0693. The molecule has 0 atom stereocenters. The number of nitrogens with one attached hydrogen (secondary N) is 1. The van der Waals surface area contributed by atoms with Gasteiger partial charge < -0.3 is 5.32 Å². The SMILES string of the molecule is CS(=O)(=O)N(CC(=O)Nc1cccc(Br)c1)c1cccc(Cl)c1Cl. The third-order valence-corrected chi connectivity index (χ3v) is 5.42. The molecular formula is C15H13BrCl2N2O3S. The van der Waals surface area contributed by atoms with Crippen LogP contribution in [0.3, 0.4) is 0 Å². The van der Waals surface area contributed by atoms with E-state index >= 15 is 0 Å². The summed E-state index contributed by atoms with van der Waals surface area (Å²) >= 11 is 15.3. The van der Waals surface area contributed by atoms with E-state index in [1.54, 1.807) is 24.3 Å². The summed E-state index contributed by atoms with van der Waals surface area (Å²) in [6.07, 6.45) is 0.997. The molecule has 0 aliphatic carbocycles. The Morgan fingerprint density at radius 1 is 1.21 bits per heavy atom. The Balaban J connectivity index is 2.27. The van der Waals surface area contributed by atoms with Crippen LogP contribution in [0, 0.1) is 0 Å². The lowest BCUT2D eigenvalue weighted by molar-refractivity contribution is -0.114. The average molecular weight is 452 g/mol. The van der Waals surface area contributed by atoms with Crippen molar-refractivity contribution in [2.24, 2.45) is 0 Å². The van der Waals surface area contributed by atoms with Crippen molar-refractivity contribution in [1.82, 2.24) is 0 Å². The number of sulfonamides is 1. The van der Waals surface area contributed by atoms with E-state index in [1.165, 1.54) is 12.1 Å². The highest BCUT2D eigenvalue weighted by Gasteiger charge is 2.24. The molecule has 128 valence electrons. The first kappa shape index (κ1) is 19.1. The van der Waals surface area contributed by atoms with Gasteiger partial charge in [0.2, 0.25) is 15.9 Å². The lowest BCUT2D eigenvalue weighted by Crippen LogP contribution is -2.37. The maximum Gasteiger partial charge on any atom is 0.245 e. The van der Waals surface area contributed by atoms with Crippen LogP contribution >= 0.6 is 39.1 Å². The fourth-order valence-corrected chi connectivity index (χ4v) is 3.67. The summed E-state index contributed by atoms with van der Waals surface area (Å²) in [4.78, 5) is 12.2. The van der Waals surface area contributed by atoms with Crippen LogP contribution in [0.25, 0.3) is 0 Å². The van der Waals surface area contributed by atoms with Crippen LogP contribution in [-0.4, -0.2) is 27.1 Å². The highest BCUT2D eigenvalue weighted by molar-refractivity contribution is 9.10. The van der Waals surface area contributed by atoms with Gasteiger partial charge in [0, 0.05) is 10.2 Å². The first-order valence-electron chi connectivity index (χ1n) is 6.65. The molecule has 2 aromatic rings. The molecule has 24 heavy (non-hydrogen) atoms. The molecule has 1 amide bonds. The van der Waals surface area contributed by atoms with Gasteiger partial charge >= 0.3 is 0 Å². The number of hydrogen-bond donors (Lipinski definition) is 1. The second kappa shape index (κ2) is 7.74.